The Bertz CT molecular complexity index is 1590. The van der Waals surface area contributed by atoms with Crippen LogP contribution >= 0.6 is 7.82 Å². The lowest BCUT2D eigenvalue weighted by Gasteiger charge is -2.28. The summed E-state index contributed by atoms with van der Waals surface area (Å²) in [6, 6.07) is 0. The van der Waals surface area contributed by atoms with Crippen LogP contribution in [0.3, 0.4) is 0 Å². The normalized spacial score (nSPS) is 13.3. The lowest BCUT2D eigenvalue weighted by Crippen LogP contribution is -2.37. The number of carbonyl (C=O) groups is 2. The molecule has 0 aliphatic heterocycles. The lowest BCUT2D eigenvalue weighted by atomic mass is 10.0. The zero-order valence-corrected chi connectivity index (χ0v) is 58.7. The first-order chi connectivity index (χ1) is 42.0. The van der Waals surface area contributed by atoms with E-state index in [4.69, 9.17) is 18.5 Å². The summed E-state index contributed by atoms with van der Waals surface area (Å²) in [4.78, 5) is 38.0. The molecule has 86 heavy (non-hydrogen) atoms. The Morgan fingerprint density at radius 3 is 0.942 bits per heavy atom. The van der Waals surface area contributed by atoms with Gasteiger partial charge in [-0.15, -0.1) is 0 Å². The maximum atomic E-state index is 12.8. The molecule has 0 aromatic heterocycles. The minimum Gasteiger partial charge on any atom is -0.756 e. The van der Waals surface area contributed by atoms with Crippen molar-refractivity contribution in [1.82, 2.24) is 0 Å². The number of hydrogen-bond acceptors (Lipinski definition) is 8. The van der Waals surface area contributed by atoms with Gasteiger partial charge in [-0.2, -0.15) is 0 Å². The molecular formula is C76H144NO8P. The van der Waals surface area contributed by atoms with E-state index in [9.17, 15) is 19.0 Å². The van der Waals surface area contributed by atoms with Crippen LogP contribution in [0.5, 0.6) is 0 Å². The number of allylic oxidation sites excluding steroid dienone is 8. The Kier molecular flexibility index (Phi) is 65.8. The summed E-state index contributed by atoms with van der Waals surface area (Å²) >= 11 is 0. The van der Waals surface area contributed by atoms with E-state index < -0.39 is 26.5 Å². The van der Waals surface area contributed by atoms with E-state index in [2.05, 4.69) is 62.5 Å². The van der Waals surface area contributed by atoms with Gasteiger partial charge in [0, 0.05) is 12.8 Å². The lowest BCUT2D eigenvalue weighted by molar-refractivity contribution is -0.870. The average Bonchev–Trinajstić information content (AvgIpc) is 3.67. The summed E-state index contributed by atoms with van der Waals surface area (Å²) in [6.45, 7) is 4.26. The van der Waals surface area contributed by atoms with Crippen LogP contribution in [0.25, 0.3) is 0 Å². The fourth-order valence-corrected chi connectivity index (χ4v) is 11.8. The molecule has 0 saturated heterocycles. The van der Waals surface area contributed by atoms with Crippen LogP contribution in [0.15, 0.2) is 48.6 Å². The molecule has 0 bridgehead atoms. The number of unbranched alkanes of at least 4 members (excludes halogenated alkanes) is 48. The highest BCUT2D eigenvalue weighted by Crippen LogP contribution is 2.38. The number of ether oxygens (including phenoxy) is 2. The van der Waals surface area contributed by atoms with Crippen molar-refractivity contribution in [1.29, 1.82) is 0 Å². The van der Waals surface area contributed by atoms with Crippen molar-refractivity contribution in [3.63, 3.8) is 0 Å². The van der Waals surface area contributed by atoms with Crippen LogP contribution in [-0.2, 0) is 32.7 Å². The van der Waals surface area contributed by atoms with E-state index in [1.165, 1.54) is 270 Å². The summed E-state index contributed by atoms with van der Waals surface area (Å²) in [5.74, 6) is -0.832. The van der Waals surface area contributed by atoms with E-state index in [1.807, 2.05) is 21.1 Å². The zero-order valence-electron chi connectivity index (χ0n) is 57.8. The number of rotatable bonds is 70. The molecule has 0 spiro atoms. The second-order valence-electron chi connectivity index (χ2n) is 26.7. The second-order valence-corrected chi connectivity index (χ2v) is 28.1. The first-order valence-corrected chi connectivity index (χ1v) is 38.8. The summed E-state index contributed by atoms with van der Waals surface area (Å²) < 4.78 is 34.3. The van der Waals surface area contributed by atoms with E-state index in [1.54, 1.807) is 0 Å². The van der Waals surface area contributed by atoms with Gasteiger partial charge in [-0.1, -0.05) is 332 Å². The SMILES string of the molecule is CCCCCCC/C=C\C/C=C\C/C=C\CCCCCCCCC(=O)OC(COC(=O)CCCCCCCCCCCCCCCCCCCCCCCCCCCCCCC/C=C\CCCCCCCCCC)COP(=O)([O-])OCC[N+](C)(C)C. The Labute approximate surface area is 534 Å². The highest BCUT2D eigenvalue weighted by atomic mass is 31.2. The number of esters is 2. The molecule has 0 aromatic rings. The van der Waals surface area contributed by atoms with Crippen LogP contribution in [0.1, 0.15) is 373 Å². The van der Waals surface area contributed by atoms with Crippen molar-refractivity contribution < 1.29 is 42.1 Å². The fourth-order valence-electron chi connectivity index (χ4n) is 11.1. The van der Waals surface area contributed by atoms with Crippen LogP contribution in [-0.4, -0.2) is 70.0 Å². The molecule has 2 atom stereocenters. The predicted octanol–water partition coefficient (Wildman–Crippen LogP) is 23.8. The number of quaternary nitrogens is 1. The van der Waals surface area contributed by atoms with Gasteiger partial charge in [-0.3, -0.25) is 14.2 Å². The average molecular weight is 1230 g/mol. The Morgan fingerprint density at radius 1 is 0.360 bits per heavy atom. The molecule has 9 nitrogen and oxygen atoms in total. The molecule has 10 heteroatoms. The van der Waals surface area contributed by atoms with Crippen molar-refractivity contribution in [2.75, 3.05) is 47.5 Å². The number of hydrogen-bond donors (Lipinski definition) is 0. The summed E-state index contributed by atoms with van der Waals surface area (Å²) in [6.07, 6.45) is 88.0. The van der Waals surface area contributed by atoms with Gasteiger partial charge in [0.2, 0.25) is 0 Å². The molecule has 0 aromatic carbocycles. The predicted molar refractivity (Wildman–Crippen MR) is 370 cm³/mol. The molecule has 0 amide bonds. The van der Waals surface area contributed by atoms with Crippen molar-refractivity contribution >= 4 is 19.8 Å². The molecule has 0 saturated carbocycles. The van der Waals surface area contributed by atoms with Crippen LogP contribution in [0.4, 0.5) is 0 Å². The number of likely N-dealkylation sites (N-methyl/N-ethyl adjacent to an activating group) is 1. The summed E-state index contributed by atoms with van der Waals surface area (Å²) in [5, 5.41) is 0. The topological polar surface area (TPSA) is 111 Å². The van der Waals surface area contributed by atoms with Gasteiger partial charge in [0.1, 0.15) is 19.8 Å². The minimum atomic E-state index is -4.64. The number of carbonyl (C=O) groups excluding carboxylic acids is 2. The Balaban J connectivity index is 3.88. The van der Waals surface area contributed by atoms with Gasteiger partial charge >= 0.3 is 11.9 Å². The standard InChI is InChI=1S/C76H144NO8P/c1-6-8-10-12-14-16-18-20-22-24-26-28-29-30-31-32-33-34-35-36-37-38-39-40-41-42-43-44-45-46-47-49-50-52-54-56-58-60-62-64-66-68-75(78)82-72-74(73-84-86(80,81)83-71-70-77(3,4)5)85-76(79)69-67-65-63-61-59-57-55-53-51-48-27-25-23-21-19-17-15-13-11-9-7-2/h19,21,24-27,51,53,74H,6-18,20,22-23,28-50,52,54-73H2,1-5H3/b21-19-,26-24-,27-25-,53-51-. The molecule has 0 fully saturated rings. The van der Waals surface area contributed by atoms with E-state index in [-0.39, 0.29) is 32.0 Å². The zero-order chi connectivity index (χ0) is 62.6. The fraction of sp³-hybridized carbons (Fsp3) is 0.868. The van der Waals surface area contributed by atoms with Crippen molar-refractivity contribution in [3.8, 4) is 0 Å². The highest BCUT2D eigenvalue weighted by Gasteiger charge is 2.22. The summed E-state index contributed by atoms with van der Waals surface area (Å²) in [5.41, 5.74) is 0. The van der Waals surface area contributed by atoms with E-state index in [0.29, 0.717) is 17.4 Å². The van der Waals surface area contributed by atoms with Gasteiger partial charge in [0.25, 0.3) is 7.82 Å². The maximum absolute atomic E-state index is 12.8. The highest BCUT2D eigenvalue weighted by molar-refractivity contribution is 7.45. The van der Waals surface area contributed by atoms with Crippen LogP contribution in [0.2, 0.25) is 0 Å². The van der Waals surface area contributed by atoms with E-state index >= 15 is 0 Å². The van der Waals surface area contributed by atoms with E-state index in [0.717, 1.165) is 70.6 Å². The monoisotopic (exact) mass is 1230 g/mol. The third-order valence-electron chi connectivity index (χ3n) is 16.8. The number of nitrogens with zero attached hydrogens (tertiary/aromatic N) is 1. The molecule has 0 radical (unpaired) electrons. The Morgan fingerprint density at radius 2 is 0.628 bits per heavy atom. The smallest absolute Gasteiger partial charge is 0.306 e. The molecule has 0 heterocycles. The third-order valence-corrected chi connectivity index (χ3v) is 17.8. The summed E-state index contributed by atoms with van der Waals surface area (Å²) in [7, 11) is 1.17. The second kappa shape index (κ2) is 67.4. The van der Waals surface area contributed by atoms with Gasteiger partial charge in [0.05, 0.1) is 27.7 Å². The first-order valence-electron chi connectivity index (χ1n) is 37.3. The molecule has 0 aliphatic rings. The maximum Gasteiger partial charge on any atom is 0.306 e. The molecule has 0 aliphatic carbocycles. The molecule has 2 unspecified atom stereocenters. The third kappa shape index (κ3) is 71.1. The van der Waals surface area contributed by atoms with Crippen molar-refractivity contribution in [3.05, 3.63) is 48.6 Å². The first kappa shape index (κ1) is 84.0. The largest absolute Gasteiger partial charge is 0.756 e. The molecule has 506 valence electrons. The van der Waals surface area contributed by atoms with Gasteiger partial charge < -0.3 is 27.9 Å². The molecule has 0 N–H and O–H groups in total. The minimum absolute atomic E-state index is 0.0328. The number of phosphoric ester groups is 1. The number of phosphoric acid groups is 1. The van der Waals surface area contributed by atoms with Crippen LogP contribution in [0, 0.1) is 0 Å². The Hall–Kier alpha value is -2.03. The quantitative estimate of drug-likeness (QED) is 0.0195. The van der Waals surface area contributed by atoms with Gasteiger partial charge in [-0.25, -0.2) is 0 Å². The molecule has 0 rings (SSSR count). The molecular weight excluding hydrogens is 1090 g/mol. The van der Waals surface area contributed by atoms with Crippen molar-refractivity contribution in [2.24, 2.45) is 0 Å². The van der Waals surface area contributed by atoms with Gasteiger partial charge in [0.15, 0.2) is 6.10 Å². The van der Waals surface area contributed by atoms with Gasteiger partial charge in [-0.05, 0) is 77.0 Å². The van der Waals surface area contributed by atoms with Crippen molar-refractivity contribution in [2.45, 2.75) is 380 Å². The van der Waals surface area contributed by atoms with Crippen LogP contribution < -0.4 is 4.89 Å².